The minimum Gasteiger partial charge on any atom is -0.326 e. The molecule has 0 aliphatic rings. The van der Waals surface area contributed by atoms with E-state index in [4.69, 9.17) is 11.6 Å². The second-order valence-corrected chi connectivity index (χ2v) is 7.34. The molecule has 0 aliphatic heterocycles. The van der Waals surface area contributed by atoms with Crippen molar-refractivity contribution in [3.05, 3.63) is 81.5 Å². The van der Waals surface area contributed by atoms with E-state index < -0.39 is 0 Å². The first-order valence-electron chi connectivity index (χ1n) is 8.58. The molecule has 138 valence electrons. The Labute approximate surface area is 167 Å². The highest BCUT2D eigenvalue weighted by Crippen LogP contribution is 2.28. The zero-order valence-electron chi connectivity index (χ0n) is 14.7. The minimum absolute atomic E-state index is 0.0878. The van der Waals surface area contributed by atoms with E-state index in [2.05, 4.69) is 10.6 Å². The van der Waals surface area contributed by atoms with E-state index >= 15 is 0 Å². The van der Waals surface area contributed by atoms with Crippen molar-refractivity contribution in [2.75, 3.05) is 10.6 Å². The van der Waals surface area contributed by atoms with Gasteiger partial charge < -0.3 is 10.6 Å². The molecule has 0 radical (unpaired) electrons. The van der Waals surface area contributed by atoms with Crippen molar-refractivity contribution in [2.24, 2.45) is 0 Å². The molecule has 6 heteroatoms. The van der Waals surface area contributed by atoms with Crippen LogP contribution in [0.25, 0.3) is 0 Å². The summed E-state index contributed by atoms with van der Waals surface area (Å²) in [6.07, 6.45) is 0.693. The van der Waals surface area contributed by atoms with Gasteiger partial charge in [-0.05, 0) is 41.6 Å². The van der Waals surface area contributed by atoms with Crippen LogP contribution in [0.5, 0.6) is 0 Å². The van der Waals surface area contributed by atoms with Gasteiger partial charge in [0, 0.05) is 5.69 Å². The Morgan fingerprint density at radius 3 is 2.44 bits per heavy atom. The first-order chi connectivity index (χ1) is 13.1. The summed E-state index contributed by atoms with van der Waals surface area (Å²) in [5.74, 6) is -0.530. The van der Waals surface area contributed by atoms with Gasteiger partial charge in [-0.1, -0.05) is 54.9 Å². The SMILES string of the molecule is CC[C@@H](C(=O)Nc1ccc(NC(=O)c2cccs2)c(Cl)c1)c1ccccc1. The topological polar surface area (TPSA) is 58.2 Å². The number of hydrogen-bond donors (Lipinski definition) is 2. The second-order valence-electron chi connectivity index (χ2n) is 5.99. The largest absolute Gasteiger partial charge is 0.326 e. The normalized spacial score (nSPS) is 11.6. The van der Waals surface area contributed by atoms with Crippen LogP contribution in [0.4, 0.5) is 11.4 Å². The molecule has 0 fully saturated rings. The first kappa shape index (κ1) is 19.1. The molecule has 1 aromatic heterocycles. The summed E-state index contributed by atoms with van der Waals surface area (Å²) in [4.78, 5) is 25.4. The number of halogens is 1. The van der Waals surface area contributed by atoms with Crippen LogP contribution in [0.2, 0.25) is 5.02 Å². The van der Waals surface area contributed by atoms with Gasteiger partial charge in [-0.15, -0.1) is 11.3 Å². The highest BCUT2D eigenvalue weighted by Gasteiger charge is 2.19. The van der Waals surface area contributed by atoms with Crippen molar-refractivity contribution in [2.45, 2.75) is 19.3 Å². The molecule has 1 heterocycles. The van der Waals surface area contributed by atoms with E-state index in [1.807, 2.05) is 48.7 Å². The van der Waals surface area contributed by atoms with Crippen molar-refractivity contribution >= 4 is 46.1 Å². The molecule has 27 heavy (non-hydrogen) atoms. The van der Waals surface area contributed by atoms with Gasteiger partial charge in [-0.2, -0.15) is 0 Å². The minimum atomic E-state index is -0.233. The fraction of sp³-hybridized carbons (Fsp3) is 0.143. The molecule has 0 unspecified atom stereocenters. The number of carbonyl (C=O) groups is 2. The van der Waals surface area contributed by atoms with Gasteiger partial charge in [-0.25, -0.2) is 0 Å². The average molecular weight is 399 g/mol. The van der Waals surface area contributed by atoms with Crippen molar-refractivity contribution in [3.63, 3.8) is 0 Å². The molecule has 2 N–H and O–H groups in total. The maximum absolute atomic E-state index is 12.7. The van der Waals surface area contributed by atoms with Crippen LogP contribution in [0.1, 0.15) is 34.5 Å². The van der Waals surface area contributed by atoms with E-state index in [0.29, 0.717) is 27.7 Å². The lowest BCUT2D eigenvalue weighted by Crippen LogP contribution is -2.20. The number of thiophene rings is 1. The zero-order valence-corrected chi connectivity index (χ0v) is 16.3. The van der Waals surface area contributed by atoms with E-state index in [1.54, 1.807) is 24.3 Å². The number of hydrogen-bond acceptors (Lipinski definition) is 3. The summed E-state index contributed by atoms with van der Waals surface area (Å²) in [6, 6.07) is 18.3. The maximum atomic E-state index is 12.7. The molecule has 1 atom stereocenters. The number of nitrogens with one attached hydrogen (secondary N) is 2. The molecule has 0 saturated carbocycles. The van der Waals surface area contributed by atoms with Crippen molar-refractivity contribution < 1.29 is 9.59 Å². The van der Waals surface area contributed by atoms with Crippen LogP contribution in [0, 0.1) is 0 Å². The number of benzene rings is 2. The number of carbonyl (C=O) groups excluding carboxylic acids is 2. The third kappa shape index (κ3) is 4.76. The third-order valence-electron chi connectivity index (χ3n) is 4.16. The standard InChI is InChI=1S/C21H19ClN2O2S/c1-2-16(14-7-4-3-5-8-14)20(25)23-15-10-11-18(17(22)13-15)24-21(26)19-9-6-12-27-19/h3-13,16H,2H2,1H3,(H,23,25)(H,24,26)/t16-/m1/s1. The van der Waals surface area contributed by atoms with Crippen molar-refractivity contribution in [1.29, 1.82) is 0 Å². The van der Waals surface area contributed by atoms with Gasteiger partial charge in [0.2, 0.25) is 5.91 Å². The average Bonchev–Trinajstić information content (AvgIpc) is 3.20. The van der Waals surface area contributed by atoms with Crippen LogP contribution in [0.15, 0.2) is 66.0 Å². The first-order valence-corrected chi connectivity index (χ1v) is 9.84. The number of amides is 2. The Bertz CT molecular complexity index is 927. The van der Waals surface area contributed by atoms with Crippen LogP contribution in [-0.4, -0.2) is 11.8 Å². The molecule has 0 bridgehead atoms. The van der Waals surface area contributed by atoms with E-state index in [9.17, 15) is 9.59 Å². The number of rotatable bonds is 6. The summed E-state index contributed by atoms with van der Waals surface area (Å²) in [5, 5.41) is 7.89. The fourth-order valence-electron chi connectivity index (χ4n) is 2.77. The lowest BCUT2D eigenvalue weighted by Gasteiger charge is -2.16. The summed E-state index contributed by atoms with van der Waals surface area (Å²) in [6.45, 7) is 1.98. The smallest absolute Gasteiger partial charge is 0.265 e. The Balaban J connectivity index is 1.70. The van der Waals surface area contributed by atoms with E-state index in [-0.39, 0.29) is 17.7 Å². The molecular weight excluding hydrogens is 380 g/mol. The lowest BCUT2D eigenvalue weighted by atomic mass is 9.95. The lowest BCUT2D eigenvalue weighted by molar-refractivity contribution is -0.117. The molecule has 3 rings (SSSR count). The summed E-state index contributed by atoms with van der Waals surface area (Å²) in [7, 11) is 0. The molecule has 3 aromatic rings. The monoisotopic (exact) mass is 398 g/mol. The highest BCUT2D eigenvalue weighted by atomic mass is 35.5. The Kier molecular flexibility index (Phi) is 6.27. The number of anilines is 2. The Hall–Kier alpha value is -2.63. The quantitative estimate of drug-likeness (QED) is 0.552. The van der Waals surface area contributed by atoms with Gasteiger partial charge in [0.15, 0.2) is 0 Å². The molecule has 0 aliphatic carbocycles. The molecule has 0 saturated heterocycles. The van der Waals surface area contributed by atoms with Crippen LogP contribution in [-0.2, 0) is 4.79 Å². The van der Waals surface area contributed by atoms with Gasteiger partial charge in [0.05, 0.1) is 21.5 Å². The second kappa shape index (κ2) is 8.84. The van der Waals surface area contributed by atoms with Gasteiger partial charge in [-0.3, -0.25) is 9.59 Å². The Morgan fingerprint density at radius 2 is 1.81 bits per heavy atom. The van der Waals surface area contributed by atoms with E-state index in [1.165, 1.54) is 11.3 Å². The summed E-state index contributed by atoms with van der Waals surface area (Å²) >= 11 is 7.65. The zero-order chi connectivity index (χ0) is 19.2. The van der Waals surface area contributed by atoms with Gasteiger partial charge >= 0.3 is 0 Å². The van der Waals surface area contributed by atoms with Crippen molar-refractivity contribution in [1.82, 2.24) is 0 Å². The predicted octanol–water partition coefficient (Wildman–Crippen LogP) is 5.79. The van der Waals surface area contributed by atoms with E-state index in [0.717, 1.165) is 5.56 Å². The molecule has 2 amide bonds. The van der Waals surface area contributed by atoms with Crippen LogP contribution in [0.3, 0.4) is 0 Å². The van der Waals surface area contributed by atoms with Gasteiger partial charge in [0.1, 0.15) is 0 Å². The fourth-order valence-corrected chi connectivity index (χ4v) is 3.62. The van der Waals surface area contributed by atoms with Crippen LogP contribution >= 0.6 is 22.9 Å². The van der Waals surface area contributed by atoms with Crippen LogP contribution < -0.4 is 10.6 Å². The maximum Gasteiger partial charge on any atom is 0.265 e. The molecule has 2 aromatic carbocycles. The highest BCUT2D eigenvalue weighted by molar-refractivity contribution is 7.12. The predicted molar refractivity (Wildman–Crippen MR) is 112 cm³/mol. The summed E-state index contributed by atoms with van der Waals surface area (Å²) < 4.78 is 0. The third-order valence-corrected chi connectivity index (χ3v) is 5.34. The van der Waals surface area contributed by atoms with Gasteiger partial charge in [0.25, 0.3) is 5.91 Å². The molecule has 0 spiro atoms. The summed E-state index contributed by atoms with van der Waals surface area (Å²) in [5.41, 5.74) is 2.07. The molecular formula is C21H19ClN2O2S. The molecule has 4 nitrogen and oxygen atoms in total. The Morgan fingerprint density at radius 1 is 1.04 bits per heavy atom. The van der Waals surface area contributed by atoms with Crippen molar-refractivity contribution in [3.8, 4) is 0 Å².